The van der Waals surface area contributed by atoms with Crippen LogP contribution >= 0.6 is 0 Å². The van der Waals surface area contributed by atoms with Gasteiger partial charge in [0.05, 0.1) is 11.2 Å². The number of nitrogens with one attached hydrogen (secondary N) is 1. The Bertz CT molecular complexity index is 1090. The second kappa shape index (κ2) is 4.39. The molecule has 0 atom stereocenters. The minimum Gasteiger partial charge on any atom is -0.455 e. The lowest BCUT2D eigenvalue weighted by Crippen LogP contribution is -2.02. The number of pyridine rings is 1. The minimum atomic E-state index is -0.0903. The van der Waals surface area contributed by atoms with Crippen molar-refractivity contribution in [1.82, 2.24) is 4.98 Å². The first kappa shape index (κ1) is 12.3. The molecule has 0 spiro atoms. The van der Waals surface area contributed by atoms with Gasteiger partial charge in [0.25, 0.3) is 0 Å². The molecular weight excluding hydrogens is 294 g/mol. The lowest BCUT2D eigenvalue weighted by molar-refractivity contribution is 0.174. The highest BCUT2D eigenvalue weighted by Gasteiger charge is 2.17. The van der Waals surface area contributed by atoms with Crippen LogP contribution in [0.15, 0.2) is 57.7 Å². The van der Waals surface area contributed by atoms with E-state index in [1.807, 2.05) is 30.3 Å². The number of para-hydroxylation sites is 1. The fourth-order valence-electron chi connectivity index (χ4n) is 2.89. The second-order valence-electron chi connectivity index (χ2n) is 5.45. The molecule has 5 heteroatoms. The molecule has 112 valence electrons. The third-order valence-electron chi connectivity index (χ3n) is 4.01. The van der Waals surface area contributed by atoms with E-state index in [4.69, 9.17) is 13.9 Å². The van der Waals surface area contributed by atoms with Crippen molar-refractivity contribution in [2.24, 2.45) is 0 Å². The molecule has 0 aliphatic carbocycles. The molecule has 0 radical (unpaired) electrons. The van der Waals surface area contributed by atoms with Gasteiger partial charge in [0.1, 0.15) is 5.58 Å². The molecule has 0 saturated carbocycles. The Balaban J connectivity index is 1.75. The third-order valence-corrected chi connectivity index (χ3v) is 4.01. The lowest BCUT2D eigenvalue weighted by Gasteiger charge is -2.03. The van der Waals surface area contributed by atoms with E-state index in [1.165, 1.54) is 0 Å². The summed E-state index contributed by atoms with van der Waals surface area (Å²) in [5, 5.41) is 1.56. The fourth-order valence-corrected chi connectivity index (χ4v) is 2.89. The highest BCUT2D eigenvalue weighted by Crippen LogP contribution is 2.35. The summed E-state index contributed by atoms with van der Waals surface area (Å²) in [7, 11) is 0. The van der Waals surface area contributed by atoms with Crippen LogP contribution in [0.25, 0.3) is 33.3 Å². The Morgan fingerprint density at radius 3 is 2.65 bits per heavy atom. The Kier molecular flexibility index (Phi) is 2.36. The first-order chi connectivity index (χ1) is 11.3. The topological polar surface area (TPSA) is 64.5 Å². The number of aromatic nitrogens is 1. The molecule has 0 amide bonds. The third kappa shape index (κ3) is 1.83. The summed E-state index contributed by atoms with van der Waals surface area (Å²) in [6, 6.07) is 14.7. The zero-order valence-corrected chi connectivity index (χ0v) is 12.0. The monoisotopic (exact) mass is 305 g/mol. The van der Waals surface area contributed by atoms with Crippen LogP contribution in [-0.4, -0.2) is 11.8 Å². The van der Waals surface area contributed by atoms with Gasteiger partial charge in [-0.1, -0.05) is 18.2 Å². The highest BCUT2D eigenvalue weighted by atomic mass is 16.7. The molecule has 23 heavy (non-hydrogen) atoms. The Labute approximate surface area is 130 Å². The van der Waals surface area contributed by atoms with Gasteiger partial charge in [-0.05, 0) is 18.2 Å². The van der Waals surface area contributed by atoms with Crippen molar-refractivity contribution >= 4 is 21.9 Å². The number of benzene rings is 2. The van der Waals surface area contributed by atoms with Crippen molar-refractivity contribution in [3.8, 4) is 23.0 Å². The SMILES string of the molecule is O=c1cc(-c2cc3ccccc3o2)[nH]c2cc3c(cc12)OCO3. The molecule has 0 fully saturated rings. The molecule has 3 heterocycles. The maximum absolute atomic E-state index is 12.4. The van der Waals surface area contributed by atoms with Crippen LogP contribution in [0.3, 0.4) is 0 Å². The first-order valence-electron chi connectivity index (χ1n) is 7.23. The normalized spacial score (nSPS) is 13.0. The molecule has 4 aromatic rings. The number of hydrogen-bond donors (Lipinski definition) is 1. The smallest absolute Gasteiger partial charge is 0.231 e. The van der Waals surface area contributed by atoms with Crippen LogP contribution in [0.1, 0.15) is 0 Å². The largest absolute Gasteiger partial charge is 0.455 e. The number of H-pyrrole nitrogens is 1. The molecule has 0 bridgehead atoms. The van der Waals surface area contributed by atoms with Crippen molar-refractivity contribution in [2.75, 3.05) is 6.79 Å². The average molecular weight is 305 g/mol. The lowest BCUT2D eigenvalue weighted by atomic mass is 10.1. The predicted molar refractivity (Wildman–Crippen MR) is 85.9 cm³/mol. The maximum Gasteiger partial charge on any atom is 0.231 e. The van der Waals surface area contributed by atoms with Crippen LogP contribution < -0.4 is 14.9 Å². The molecule has 1 aliphatic heterocycles. The van der Waals surface area contributed by atoms with E-state index in [1.54, 1.807) is 18.2 Å². The van der Waals surface area contributed by atoms with Gasteiger partial charge in [-0.25, -0.2) is 0 Å². The molecule has 2 aromatic carbocycles. The number of rotatable bonds is 1. The van der Waals surface area contributed by atoms with Crippen LogP contribution in [0, 0.1) is 0 Å². The van der Waals surface area contributed by atoms with Crippen molar-refractivity contribution in [1.29, 1.82) is 0 Å². The summed E-state index contributed by atoms with van der Waals surface area (Å²) in [6.45, 7) is 0.177. The molecule has 5 rings (SSSR count). The molecular formula is C18H11NO4. The number of ether oxygens (including phenoxy) is 2. The number of furan rings is 1. The van der Waals surface area contributed by atoms with Crippen molar-refractivity contribution in [3.63, 3.8) is 0 Å². The molecule has 5 nitrogen and oxygen atoms in total. The summed E-state index contributed by atoms with van der Waals surface area (Å²) in [5.74, 6) is 1.86. The van der Waals surface area contributed by atoms with Crippen LogP contribution in [0.5, 0.6) is 11.5 Å². The zero-order valence-electron chi connectivity index (χ0n) is 12.0. The Morgan fingerprint density at radius 2 is 1.78 bits per heavy atom. The Hall–Kier alpha value is -3.21. The Morgan fingerprint density at radius 1 is 0.957 bits per heavy atom. The van der Waals surface area contributed by atoms with Gasteiger partial charge in [-0.3, -0.25) is 4.79 Å². The standard InChI is InChI=1S/C18H11NO4/c20-14-7-13(16-5-10-3-1-2-4-15(10)23-16)19-12-8-18-17(6-11(12)14)21-9-22-18/h1-8H,9H2,(H,19,20). The van der Waals surface area contributed by atoms with E-state index in [0.29, 0.717) is 33.9 Å². The average Bonchev–Trinajstić information content (AvgIpc) is 3.19. The molecule has 2 aromatic heterocycles. The summed E-state index contributed by atoms with van der Waals surface area (Å²) >= 11 is 0. The molecule has 1 N–H and O–H groups in total. The summed E-state index contributed by atoms with van der Waals surface area (Å²) in [5.41, 5.74) is 2.02. The number of aromatic amines is 1. The van der Waals surface area contributed by atoms with Gasteiger partial charge in [0.15, 0.2) is 22.7 Å². The van der Waals surface area contributed by atoms with E-state index < -0.39 is 0 Å². The van der Waals surface area contributed by atoms with Gasteiger partial charge in [-0.15, -0.1) is 0 Å². The predicted octanol–water partition coefficient (Wildman–Crippen LogP) is 3.67. The van der Waals surface area contributed by atoms with Crippen molar-refractivity contribution < 1.29 is 13.9 Å². The van der Waals surface area contributed by atoms with Gasteiger partial charge in [0.2, 0.25) is 6.79 Å². The second-order valence-corrected chi connectivity index (χ2v) is 5.45. The summed E-state index contributed by atoms with van der Waals surface area (Å²) < 4.78 is 16.5. The van der Waals surface area contributed by atoms with E-state index in [2.05, 4.69) is 4.98 Å². The van der Waals surface area contributed by atoms with Gasteiger partial charge >= 0.3 is 0 Å². The van der Waals surface area contributed by atoms with Crippen molar-refractivity contribution in [3.05, 3.63) is 58.8 Å². The highest BCUT2D eigenvalue weighted by molar-refractivity contribution is 5.86. The first-order valence-corrected chi connectivity index (χ1v) is 7.23. The number of fused-ring (bicyclic) bond motifs is 3. The van der Waals surface area contributed by atoms with E-state index in [0.717, 1.165) is 11.0 Å². The van der Waals surface area contributed by atoms with Crippen molar-refractivity contribution in [2.45, 2.75) is 0 Å². The molecule has 0 saturated heterocycles. The molecule has 1 aliphatic rings. The van der Waals surface area contributed by atoms with Crippen LogP contribution in [0.4, 0.5) is 0 Å². The van der Waals surface area contributed by atoms with E-state index >= 15 is 0 Å². The minimum absolute atomic E-state index is 0.0903. The summed E-state index contributed by atoms with van der Waals surface area (Å²) in [6.07, 6.45) is 0. The summed E-state index contributed by atoms with van der Waals surface area (Å²) in [4.78, 5) is 15.7. The van der Waals surface area contributed by atoms with Crippen LogP contribution in [-0.2, 0) is 0 Å². The quantitative estimate of drug-likeness (QED) is 0.583. The zero-order chi connectivity index (χ0) is 15.4. The number of hydrogen-bond acceptors (Lipinski definition) is 4. The molecule has 0 unspecified atom stereocenters. The maximum atomic E-state index is 12.4. The van der Waals surface area contributed by atoms with Gasteiger partial charge < -0.3 is 18.9 Å². The van der Waals surface area contributed by atoms with E-state index in [9.17, 15) is 4.79 Å². The van der Waals surface area contributed by atoms with Crippen LogP contribution in [0.2, 0.25) is 0 Å². The fraction of sp³-hybridized carbons (Fsp3) is 0.0556. The van der Waals surface area contributed by atoms with Gasteiger partial charge in [0, 0.05) is 22.9 Å². The van der Waals surface area contributed by atoms with Gasteiger partial charge in [-0.2, -0.15) is 0 Å². The van der Waals surface area contributed by atoms with E-state index in [-0.39, 0.29) is 12.2 Å².